The van der Waals surface area contributed by atoms with Crippen LogP contribution in [0.2, 0.25) is 0 Å². The molecular formula is C22H24N4O3S. The lowest BCUT2D eigenvalue weighted by atomic mass is 10.2. The Hall–Kier alpha value is -3.00. The Labute approximate surface area is 179 Å². The van der Waals surface area contributed by atoms with E-state index in [1.807, 2.05) is 31.2 Å². The number of ether oxygens (including phenoxy) is 2. The summed E-state index contributed by atoms with van der Waals surface area (Å²) in [5, 5.41) is 7.54. The maximum Gasteiger partial charge on any atom is 0.237 e. The summed E-state index contributed by atoms with van der Waals surface area (Å²) in [6, 6.07) is 13.7. The van der Waals surface area contributed by atoms with Crippen LogP contribution in [0.3, 0.4) is 0 Å². The second-order valence-corrected chi connectivity index (χ2v) is 8.41. The second kappa shape index (κ2) is 8.79. The molecule has 0 aliphatic heterocycles. The van der Waals surface area contributed by atoms with Gasteiger partial charge in [0.1, 0.15) is 17.3 Å². The summed E-state index contributed by atoms with van der Waals surface area (Å²) in [5.41, 5.74) is 1.42. The third-order valence-electron chi connectivity index (χ3n) is 4.82. The number of carbonyl (C=O) groups excluding carboxylic acids is 1. The van der Waals surface area contributed by atoms with Gasteiger partial charge < -0.3 is 20.1 Å². The van der Waals surface area contributed by atoms with Crippen molar-refractivity contribution < 1.29 is 14.3 Å². The number of para-hydroxylation sites is 1. The summed E-state index contributed by atoms with van der Waals surface area (Å²) >= 11 is 1.32. The van der Waals surface area contributed by atoms with Crippen LogP contribution in [0.4, 0.5) is 11.5 Å². The maximum absolute atomic E-state index is 12.8. The Kier molecular flexibility index (Phi) is 5.94. The van der Waals surface area contributed by atoms with E-state index >= 15 is 0 Å². The summed E-state index contributed by atoms with van der Waals surface area (Å²) < 4.78 is 10.6. The van der Waals surface area contributed by atoms with Crippen LogP contribution < -0.4 is 20.1 Å². The second-order valence-electron chi connectivity index (χ2n) is 7.11. The third kappa shape index (κ3) is 4.59. The highest BCUT2D eigenvalue weighted by Crippen LogP contribution is 2.32. The molecule has 1 fully saturated rings. The highest BCUT2D eigenvalue weighted by Gasteiger charge is 2.24. The van der Waals surface area contributed by atoms with E-state index < -0.39 is 5.25 Å². The van der Waals surface area contributed by atoms with Crippen LogP contribution in [0, 0.1) is 0 Å². The molecule has 30 heavy (non-hydrogen) atoms. The van der Waals surface area contributed by atoms with Gasteiger partial charge in [-0.1, -0.05) is 23.9 Å². The standard InChI is InChI=1S/C22H24N4O3S/c1-13(21(27)24-18-12-15(28-2)10-11-19(18)29-3)30-22-25-17-7-5-4-6-16(17)20(26-22)23-14-8-9-14/h4-7,10-14H,8-9H2,1-3H3,(H,24,27)(H,23,25,26)/t13-/m0/s1. The minimum absolute atomic E-state index is 0.167. The first-order chi connectivity index (χ1) is 14.6. The van der Waals surface area contributed by atoms with Gasteiger partial charge in [0.2, 0.25) is 5.91 Å². The molecule has 1 amide bonds. The average molecular weight is 425 g/mol. The zero-order chi connectivity index (χ0) is 21.1. The number of anilines is 2. The fourth-order valence-corrected chi connectivity index (χ4v) is 3.77. The molecule has 1 aromatic heterocycles. The van der Waals surface area contributed by atoms with Crippen molar-refractivity contribution in [1.29, 1.82) is 0 Å². The monoisotopic (exact) mass is 424 g/mol. The molecule has 0 unspecified atom stereocenters. The van der Waals surface area contributed by atoms with E-state index in [1.165, 1.54) is 11.8 Å². The third-order valence-corrected chi connectivity index (χ3v) is 5.78. The number of amides is 1. The smallest absolute Gasteiger partial charge is 0.237 e. The fourth-order valence-electron chi connectivity index (χ4n) is 3.00. The highest BCUT2D eigenvalue weighted by molar-refractivity contribution is 8.00. The number of nitrogens with zero attached hydrogens (tertiary/aromatic N) is 2. The summed E-state index contributed by atoms with van der Waals surface area (Å²) in [5.74, 6) is 1.87. The van der Waals surface area contributed by atoms with Crippen molar-refractivity contribution in [2.45, 2.75) is 36.2 Å². The first-order valence-corrected chi connectivity index (χ1v) is 10.7. The number of benzene rings is 2. The normalized spacial score (nSPS) is 14.2. The molecule has 4 rings (SSSR count). The number of nitrogens with one attached hydrogen (secondary N) is 2. The van der Waals surface area contributed by atoms with Crippen LogP contribution in [0.25, 0.3) is 10.9 Å². The molecule has 0 spiro atoms. The van der Waals surface area contributed by atoms with Crippen LogP contribution >= 0.6 is 11.8 Å². The van der Waals surface area contributed by atoms with Crippen LogP contribution in [-0.4, -0.2) is 41.4 Å². The van der Waals surface area contributed by atoms with Crippen molar-refractivity contribution in [3.05, 3.63) is 42.5 Å². The Morgan fingerprint density at radius 2 is 1.93 bits per heavy atom. The van der Waals surface area contributed by atoms with Gasteiger partial charge in [0.05, 0.1) is 30.7 Å². The van der Waals surface area contributed by atoms with Crippen molar-refractivity contribution in [3.8, 4) is 11.5 Å². The molecule has 1 aliphatic rings. The van der Waals surface area contributed by atoms with E-state index in [9.17, 15) is 4.79 Å². The quantitative estimate of drug-likeness (QED) is 0.411. The van der Waals surface area contributed by atoms with Gasteiger partial charge in [-0.15, -0.1) is 0 Å². The summed E-state index contributed by atoms with van der Waals surface area (Å²) in [6.07, 6.45) is 2.31. The molecule has 0 bridgehead atoms. The number of rotatable bonds is 8. The average Bonchev–Trinajstić information content (AvgIpc) is 3.57. The molecule has 2 aromatic carbocycles. The molecule has 0 saturated heterocycles. The Balaban J connectivity index is 1.52. The molecular weight excluding hydrogens is 400 g/mol. The Morgan fingerprint density at radius 1 is 1.13 bits per heavy atom. The van der Waals surface area contributed by atoms with Crippen molar-refractivity contribution in [2.24, 2.45) is 0 Å². The van der Waals surface area contributed by atoms with E-state index in [4.69, 9.17) is 9.47 Å². The molecule has 2 N–H and O–H groups in total. The molecule has 7 nitrogen and oxygen atoms in total. The summed E-state index contributed by atoms with van der Waals surface area (Å²) in [6.45, 7) is 1.83. The first-order valence-electron chi connectivity index (χ1n) is 9.80. The lowest BCUT2D eigenvalue weighted by Gasteiger charge is -2.15. The molecule has 3 aromatic rings. The zero-order valence-corrected chi connectivity index (χ0v) is 18.0. The minimum Gasteiger partial charge on any atom is -0.497 e. The van der Waals surface area contributed by atoms with Gasteiger partial charge in [-0.2, -0.15) is 0 Å². The lowest BCUT2D eigenvalue weighted by molar-refractivity contribution is -0.115. The largest absolute Gasteiger partial charge is 0.497 e. The SMILES string of the molecule is COc1ccc(OC)c(NC(=O)[C@H](C)Sc2nc(NC3CC3)c3ccccc3n2)c1. The molecule has 0 radical (unpaired) electrons. The van der Waals surface area contributed by atoms with Crippen molar-refractivity contribution >= 4 is 40.1 Å². The minimum atomic E-state index is -0.407. The Bertz CT molecular complexity index is 1070. The Morgan fingerprint density at radius 3 is 2.67 bits per heavy atom. The maximum atomic E-state index is 12.8. The highest BCUT2D eigenvalue weighted by atomic mass is 32.2. The summed E-state index contributed by atoms with van der Waals surface area (Å²) in [7, 11) is 3.14. The van der Waals surface area contributed by atoms with Gasteiger partial charge >= 0.3 is 0 Å². The molecule has 1 aliphatic carbocycles. The molecule has 1 heterocycles. The van der Waals surface area contributed by atoms with Gasteiger partial charge in [-0.3, -0.25) is 4.79 Å². The molecule has 1 saturated carbocycles. The number of hydrogen-bond acceptors (Lipinski definition) is 7. The van der Waals surface area contributed by atoms with Crippen LogP contribution in [0.5, 0.6) is 11.5 Å². The van der Waals surface area contributed by atoms with Gasteiger partial charge in [0.25, 0.3) is 0 Å². The van der Waals surface area contributed by atoms with E-state index in [0.29, 0.717) is 28.4 Å². The first kappa shape index (κ1) is 20.3. The number of carbonyl (C=O) groups is 1. The summed E-state index contributed by atoms with van der Waals surface area (Å²) in [4.78, 5) is 22.2. The molecule has 1 atom stereocenters. The van der Waals surface area contributed by atoms with Gasteiger partial charge in [0.15, 0.2) is 5.16 Å². The molecule has 8 heteroatoms. The number of fused-ring (bicyclic) bond motifs is 1. The topological polar surface area (TPSA) is 85.4 Å². The van der Waals surface area contributed by atoms with E-state index in [-0.39, 0.29) is 5.91 Å². The van der Waals surface area contributed by atoms with Crippen LogP contribution in [0.15, 0.2) is 47.6 Å². The van der Waals surface area contributed by atoms with Crippen molar-refractivity contribution in [1.82, 2.24) is 9.97 Å². The fraction of sp³-hybridized carbons (Fsp3) is 0.318. The number of hydrogen-bond donors (Lipinski definition) is 2. The van der Waals surface area contributed by atoms with Crippen molar-refractivity contribution in [3.63, 3.8) is 0 Å². The van der Waals surface area contributed by atoms with E-state index in [1.54, 1.807) is 32.4 Å². The number of aromatic nitrogens is 2. The predicted octanol–water partition coefficient (Wildman–Crippen LogP) is 4.34. The van der Waals surface area contributed by atoms with Gasteiger partial charge in [-0.05, 0) is 44.0 Å². The van der Waals surface area contributed by atoms with Gasteiger partial charge in [-0.25, -0.2) is 9.97 Å². The van der Waals surface area contributed by atoms with Crippen LogP contribution in [0.1, 0.15) is 19.8 Å². The van der Waals surface area contributed by atoms with E-state index in [2.05, 4.69) is 20.6 Å². The van der Waals surface area contributed by atoms with Crippen molar-refractivity contribution in [2.75, 3.05) is 24.9 Å². The van der Waals surface area contributed by atoms with E-state index in [0.717, 1.165) is 29.6 Å². The lowest BCUT2D eigenvalue weighted by Crippen LogP contribution is -2.23. The number of methoxy groups -OCH3 is 2. The molecule has 156 valence electrons. The number of thioether (sulfide) groups is 1. The predicted molar refractivity (Wildman–Crippen MR) is 120 cm³/mol. The van der Waals surface area contributed by atoms with Gasteiger partial charge in [0, 0.05) is 17.5 Å². The zero-order valence-electron chi connectivity index (χ0n) is 17.1. The van der Waals surface area contributed by atoms with Crippen LogP contribution in [-0.2, 0) is 4.79 Å².